The number of amides is 2. The molecule has 2 aromatic rings. The van der Waals surface area contributed by atoms with E-state index in [4.69, 9.17) is 4.74 Å². The molecule has 0 saturated heterocycles. The average Bonchev–Trinajstić information content (AvgIpc) is 3.61. The Balaban J connectivity index is 1.48. The molecule has 0 aliphatic heterocycles. The van der Waals surface area contributed by atoms with Crippen molar-refractivity contribution < 1.29 is 27.1 Å². The number of halogens is 1. The van der Waals surface area contributed by atoms with Gasteiger partial charge in [-0.25, -0.2) is 12.8 Å². The van der Waals surface area contributed by atoms with Crippen molar-refractivity contribution in [2.45, 2.75) is 50.1 Å². The Hall–Kier alpha value is -2.98. The second kappa shape index (κ2) is 11.4. The van der Waals surface area contributed by atoms with Gasteiger partial charge in [0.2, 0.25) is 15.9 Å². The summed E-state index contributed by atoms with van der Waals surface area (Å²) in [7, 11) is -4.21. The van der Waals surface area contributed by atoms with Crippen LogP contribution >= 0.6 is 0 Å². The zero-order valence-electron chi connectivity index (χ0n) is 19.2. The Morgan fingerprint density at radius 1 is 1.09 bits per heavy atom. The third-order valence-corrected chi connectivity index (χ3v) is 6.78. The molecule has 0 bridgehead atoms. The maximum atomic E-state index is 13.9. The Kier molecular flexibility index (Phi) is 8.62. The normalized spacial score (nSPS) is 14.5. The van der Waals surface area contributed by atoms with Crippen molar-refractivity contribution in [2.75, 3.05) is 13.2 Å². The van der Waals surface area contributed by atoms with Gasteiger partial charge in [-0.15, -0.1) is 0 Å². The molecular formula is C24H30FN3O5S. The number of carbonyl (C=O) groups is 2. The molecule has 1 fully saturated rings. The highest BCUT2D eigenvalue weighted by Crippen LogP contribution is 2.19. The van der Waals surface area contributed by atoms with Gasteiger partial charge in [-0.2, -0.15) is 4.72 Å². The number of benzene rings is 2. The van der Waals surface area contributed by atoms with Crippen LogP contribution in [-0.2, 0) is 26.0 Å². The molecule has 0 heterocycles. The lowest BCUT2D eigenvalue weighted by molar-refractivity contribution is -0.124. The fourth-order valence-electron chi connectivity index (χ4n) is 3.22. The van der Waals surface area contributed by atoms with E-state index in [1.54, 1.807) is 26.0 Å². The van der Waals surface area contributed by atoms with Crippen LogP contribution in [0.1, 0.15) is 32.3 Å². The van der Waals surface area contributed by atoms with Crippen LogP contribution in [0, 0.1) is 11.7 Å². The Morgan fingerprint density at radius 3 is 2.38 bits per heavy atom. The first kappa shape index (κ1) is 25.6. The van der Waals surface area contributed by atoms with E-state index >= 15 is 0 Å². The van der Waals surface area contributed by atoms with Crippen LogP contribution in [0.2, 0.25) is 0 Å². The molecule has 10 heteroatoms. The van der Waals surface area contributed by atoms with Gasteiger partial charge >= 0.3 is 0 Å². The first-order valence-electron chi connectivity index (χ1n) is 11.2. The molecule has 1 aliphatic rings. The summed E-state index contributed by atoms with van der Waals surface area (Å²) in [5.74, 6) is -1.29. The van der Waals surface area contributed by atoms with Crippen LogP contribution in [-0.4, -0.2) is 45.5 Å². The first-order valence-corrected chi connectivity index (χ1v) is 12.7. The molecule has 3 N–H and O–H groups in total. The maximum absolute atomic E-state index is 13.9. The van der Waals surface area contributed by atoms with E-state index in [0.717, 1.165) is 30.5 Å². The molecule has 1 saturated carbocycles. The summed E-state index contributed by atoms with van der Waals surface area (Å²) >= 11 is 0. The number of hydrogen-bond acceptors (Lipinski definition) is 5. The van der Waals surface area contributed by atoms with Crippen molar-refractivity contribution in [3.05, 3.63) is 59.9 Å². The van der Waals surface area contributed by atoms with Crippen molar-refractivity contribution in [3.8, 4) is 5.75 Å². The van der Waals surface area contributed by atoms with Crippen LogP contribution in [0.3, 0.4) is 0 Å². The molecule has 3 rings (SSSR count). The van der Waals surface area contributed by atoms with Gasteiger partial charge in [0.25, 0.3) is 5.91 Å². The van der Waals surface area contributed by atoms with E-state index < -0.39 is 32.7 Å². The molecule has 1 atom stereocenters. The number of carbonyl (C=O) groups excluding carboxylic acids is 2. The molecule has 34 heavy (non-hydrogen) atoms. The predicted octanol–water partition coefficient (Wildman–Crippen LogP) is 2.14. The zero-order valence-corrected chi connectivity index (χ0v) is 20.0. The summed E-state index contributed by atoms with van der Waals surface area (Å²) in [5.41, 5.74) is 0.933. The first-order chi connectivity index (χ1) is 16.2. The lowest BCUT2D eigenvalue weighted by Crippen LogP contribution is -2.50. The highest BCUT2D eigenvalue weighted by molar-refractivity contribution is 7.89. The monoisotopic (exact) mass is 491 g/mol. The van der Waals surface area contributed by atoms with Gasteiger partial charge in [0.1, 0.15) is 22.5 Å². The largest absolute Gasteiger partial charge is 0.484 e. The topological polar surface area (TPSA) is 114 Å². The van der Waals surface area contributed by atoms with Gasteiger partial charge in [-0.3, -0.25) is 9.59 Å². The summed E-state index contributed by atoms with van der Waals surface area (Å²) in [5, 5.41) is 5.59. The number of sulfonamides is 1. The van der Waals surface area contributed by atoms with Gasteiger partial charge < -0.3 is 15.4 Å². The average molecular weight is 492 g/mol. The zero-order chi connectivity index (χ0) is 24.7. The Bertz CT molecular complexity index is 1100. The second-order valence-corrected chi connectivity index (χ2v) is 10.3. The van der Waals surface area contributed by atoms with Gasteiger partial charge in [0, 0.05) is 12.6 Å². The van der Waals surface area contributed by atoms with Crippen LogP contribution in [0.25, 0.3) is 0 Å². The van der Waals surface area contributed by atoms with E-state index in [0.29, 0.717) is 18.2 Å². The second-order valence-electron chi connectivity index (χ2n) is 8.59. The van der Waals surface area contributed by atoms with E-state index in [2.05, 4.69) is 15.4 Å². The summed E-state index contributed by atoms with van der Waals surface area (Å²) in [6.45, 7) is 3.66. The number of hydrogen-bond donors (Lipinski definition) is 3. The van der Waals surface area contributed by atoms with E-state index in [9.17, 15) is 22.4 Å². The van der Waals surface area contributed by atoms with Crippen LogP contribution in [0.4, 0.5) is 4.39 Å². The van der Waals surface area contributed by atoms with Crippen LogP contribution < -0.4 is 20.1 Å². The fraction of sp³-hybridized carbons (Fsp3) is 0.417. The molecule has 0 unspecified atom stereocenters. The summed E-state index contributed by atoms with van der Waals surface area (Å²) in [6, 6.07) is 11.4. The third kappa shape index (κ3) is 7.53. The maximum Gasteiger partial charge on any atom is 0.258 e. The lowest BCUT2D eigenvalue weighted by Gasteiger charge is -2.22. The van der Waals surface area contributed by atoms with Gasteiger partial charge in [-0.1, -0.05) is 38.1 Å². The molecule has 0 spiro atoms. The smallest absolute Gasteiger partial charge is 0.258 e. The highest BCUT2D eigenvalue weighted by Gasteiger charge is 2.29. The lowest BCUT2D eigenvalue weighted by atomic mass is 10.0. The molecule has 8 nitrogen and oxygen atoms in total. The Morgan fingerprint density at radius 2 is 1.76 bits per heavy atom. The number of nitrogens with one attached hydrogen (secondary N) is 3. The number of rotatable bonds is 12. The summed E-state index contributed by atoms with van der Waals surface area (Å²) in [4.78, 5) is 23.9. The molecule has 2 aromatic carbocycles. The van der Waals surface area contributed by atoms with Crippen molar-refractivity contribution in [1.82, 2.24) is 15.4 Å². The quantitative estimate of drug-likeness (QED) is 0.421. The van der Waals surface area contributed by atoms with Crippen molar-refractivity contribution >= 4 is 21.8 Å². The predicted molar refractivity (Wildman–Crippen MR) is 125 cm³/mol. The van der Waals surface area contributed by atoms with Gasteiger partial charge in [0.15, 0.2) is 6.61 Å². The molecule has 0 aromatic heterocycles. The van der Waals surface area contributed by atoms with Crippen LogP contribution in [0.5, 0.6) is 5.75 Å². The minimum atomic E-state index is -4.21. The standard InChI is InChI=1S/C24H30FN3O5S/c1-16(2)23(28-34(31,32)21-6-4-3-5-20(21)25)24(30)26-14-13-17-7-11-19(12-8-17)33-15-22(29)27-18-9-10-18/h3-8,11-12,16,18,23,28H,9-10,13-15H2,1-2H3,(H,26,30)(H,27,29)/t23-/m0/s1. The van der Waals surface area contributed by atoms with Crippen LogP contribution in [0.15, 0.2) is 53.4 Å². The third-order valence-electron chi connectivity index (χ3n) is 5.31. The molecule has 2 amide bonds. The minimum Gasteiger partial charge on any atom is -0.484 e. The molecular weight excluding hydrogens is 461 g/mol. The van der Waals surface area contributed by atoms with Crippen molar-refractivity contribution in [1.29, 1.82) is 0 Å². The van der Waals surface area contributed by atoms with E-state index in [1.807, 2.05) is 12.1 Å². The van der Waals surface area contributed by atoms with Crippen molar-refractivity contribution in [3.63, 3.8) is 0 Å². The molecule has 1 aliphatic carbocycles. The summed E-state index contributed by atoms with van der Waals surface area (Å²) < 4.78 is 46.9. The summed E-state index contributed by atoms with van der Waals surface area (Å²) in [6.07, 6.45) is 2.55. The van der Waals surface area contributed by atoms with Gasteiger partial charge in [0.05, 0.1) is 0 Å². The molecule has 184 valence electrons. The van der Waals surface area contributed by atoms with E-state index in [-0.39, 0.29) is 25.0 Å². The van der Waals surface area contributed by atoms with Crippen molar-refractivity contribution in [2.24, 2.45) is 5.92 Å². The minimum absolute atomic E-state index is 0.0364. The Labute approximate surface area is 199 Å². The van der Waals surface area contributed by atoms with E-state index in [1.165, 1.54) is 12.1 Å². The SMILES string of the molecule is CC(C)[C@H](NS(=O)(=O)c1ccccc1F)C(=O)NCCc1ccc(OCC(=O)NC2CC2)cc1. The van der Waals surface area contributed by atoms with Gasteiger partial charge in [-0.05, 0) is 55.0 Å². The highest BCUT2D eigenvalue weighted by atomic mass is 32.2. The molecule has 0 radical (unpaired) electrons. The number of ether oxygens (including phenoxy) is 1. The fourth-order valence-corrected chi connectivity index (χ4v) is 4.65.